The lowest BCUT2D eigenvalue weighted by atomic mass is 10.2. The van der Waals surface area contributed by atoms with Crippen molar-refractivity contribution in [2.75, 3.05) is 5.73 Å². The summed E-state index contributed by atoms with van der Waals surface area (Å²) in [4.78, 5) is 3.94. The van der Waals surface area contributed by atoms with Crippen LogP contribution in [-0.2, 0) is 0 Å². The van der Waals surface area contributed by atoms with E-state index in [9.17, 15) is 4.39 Å². The van der Waals surface area contributed by atoms with E-state index in [1.807, 2.05) is 6.92 Å². The van der Waals surface area contributed by atoms with E-state index in [1.165, 1.54) is 12.3 Å². The zero-order valence-electron chi connectivity index (χ0n) is 8.77. The Morgan fingerprint density at radius 2 is 2.06 bits per heavy atom. The summed E-state index contributed by atoms with van der Waals surface area (Å²) in [6.45, 7) is 1.86. The Bertz CT molecular complexity index is 514. The van der Waals surface area contributed by atoms with Crippen LogP contribution in [0, 0.1) is 12.7 Å². The van der Waals surface area contributed by atoms with Crippen LogP contribution >= 0.6 is 0 Å². The summed E-state index contributed by atoms with van der Waals surface area (Å²) in [5.41, 5.74) is 7.01. The lowest BCUT2D eigenvalue weighted by molar-refractivity contribution is 0.427. The monoisotopic (exact) mass is 218 g/mol. The Labute approximate surface area is 92.7 Å². The van der Waals surface area contributed by atoms with Crippen molar-refractivity contribution < 1.29 is 9.13 Å². The van der Waals surface area contributed by atoms with Crippen molar-refractivity contribution in [2.45, 2.75) is 6.92 Å². The summed E-state index contributed by atoms with van der Waals surface area (Å²) in [7, 11) is 0. The SMILES string of the molecule is Cc1ccc(F)c(Oc2cc(N)ccn2)c1. The molecule has 0 saturated carbocycles. The van der Waals surface area contributed by atoms with Crippen LogP contribution in [0.1, 0.15) is 5.56 Å². The fraction of sp³-hybridized carbons (Fsp3) is 0.0833. The lowest BCUT2D eigenvalue weighted by Gasteiger charge is -2.06. The van der Waals surface area contributed by atoms with Gasteiger partial charge < -0.3 is 10.5 Å². The predicted molar refractivity (Wildman–Crippen MR) is 59.9 cm³/mol. The minimum atomic E-state index is -0.421. The number of aryl methyl sites for hydroxylation is 1. The van der Waals surface area contributed by atoms with Gasteiger partial charge in [-0.05, 0) is 30.7 Å². The second-order valence-corrected chi connectivity index (χ2v) is 3.46. The van der Waals surface area contributed by atoms with E-state index in [-0.39, 0.29) is 11.6 Å². The van der Waals surface area contributed by atoms with E-state index in [4.69, 9.17) is 10.5 Å². The molecule has 1 aromatic carbocycles. The first-order chi connectivity index (χ1) is 7.65. The number of halogens is 1. The maximum absolute atomic E-state index is 13.4. The van der Waals surface area contributed by atoms with E-state index in [2.05, 4.69) is 4.98 Å². The van der Waals surface area contributed by atoms with Crippen LogP contribution in [-0.4, -0.2) is 4.98 Å². The Kier molecular flexibility index (Phi) is 2.72. The van der Waals surface area contributed by atoms with E-state index in [0.717, 1.165) is 5.56 Å². The average molecular weight is 218 g/mol. The van der Waals surface area contributed by atoms with Gasteiger partial charge >= 0.3 is 0 Å². The Hall–Kier alpha value is -2.10. The first-order valence-corrected chi connectivity index (χ1v) is 4.81. The maximum atomic E-state index is 13.4. The molecule has 0 aliphatic rings. The molecule has 0 radical (unpaired) electrons. The van der Waals surface area contributed by atoms with Gasteiger partial charge in [-0.25, -0.2) is 9.37 Å². The van der Waals surface area contributed by atoms with Crippen LogP contribution in [0.4, 0.5) is 10.1 Å². The van der Waals surface area contributed by atoms with E-state index >= 15 is 0 Å². The molecule has 82 valence electrons. The molecule has 0 spiro atoms. The minimum absolute atomic E-state index is 0.151. The second kappa shape index (κ2) is 4.18. The molecule has 16 heavy (non-hydrogen) atoms. The van der Waals surface area contributed by atoms with E-state index < -0.39 is 5.82 Å². The lowest BCUT2D eigenvalue weighted by Crippen LogP contribution is -1.93. The third kappa shape index (κ3) is 2.28. The highest BCUT2D eigenvalue weighted by molar-refractivity contribution is 5.41. The quantitative estimate of drug-likeness (QED) is 0.843. The Balaban J connectivity index is 2.30. The topological polar surface area (TPSA) is 48.1 Å². The largest absolute Gasteiger partial charge is 0.436 e. The van der Waals surface area contributed by atoms with Gasteiger partial charge in [-0.15, -0.1) is 0 Å². The van der Waals surface area contributed by atoms with Gasteiger partial charge in [0.05, 0.1) is 0 Å². The van der Waals surface area contributed by atoms with Crippen LogP contribution in [0.5, 0.6) is 11.6 Å². The molecular formula is C12H11FN2O. The molecule has 1 aromatic heterocycles. The summed E-state index contributed by atoms with van der Waals surface area (Å²) in [6, 6.07) is 7.83. The zero-order valence-corrected chi connectivity index (χ0v) is 8.77. The molecule has 0 aliphatic carbocycles. The average Bonchev–Trinajstić information content (AvgIpc) is 2.24. The molecule has 0 amide bonds. The van der Waals surface area contributed by atoms with Crippen molar-refractivity contribution in [2.24, 2.45) is 0 Å². The highest BCUT2D eigenvalue weighted by atomic mass is 19.1. The molecule has 0 atom stereocenters. The van der Waals surface area contributed by atoms with Gasteiger partial charge in [-0.1, -0.05) is 6.07 Å². The van der Waals surface area contributed by atoms with E-state index in [1.54, 1.807) is 24.3 Å². The number of nitrogens with two attached hydrogens (primary N) is 1. The number of rotatable bonds is 2. The van der Waals surface area contributed by atoms with Gasteiger partial charge in [-0.2, -0.15) is 0 Å². The first-order valence-electron chi connectivity index (χ1n) is 4.81. The van der Waals surface area contributed by atoms with Crippen molar-refractivity contribution in [3.8, 4) is 11.6 Å². The number of anilines is 1. The molecule has 3 nitrogen and oxygen atoms in total. The highest BCUT2D eigenvalue weighted by Gasteiger charge is 2.05. The fourth-order valence-corrected chi connectivity index (χ4v) is 1.28. The third-order valence-electron chi connectivity index (χ3n) is 2.06. The number of aromatic nitrogens is 1. The second-order valence-electron chi connectivity index (χ2n) is 3.46. The van der Waals surface area contributed by atoms with Gasteiger partial charge in [0.1, 0.15) is 0 Å². The Morgan fingerprint density at radius 1 is 1.25 bits per heavy atom. The van der Waals surface area contributed by atoms with Crippen LogP contribution in [0.2, 0.25) is 0 Å². The maximum Gasteiger partial charge on any atom is 0.221 e. The van der Waals surface area contributed by atoms with Crippen LogP contribution < -0.4 is 10.5 Å². The number of ether oxygens (including phenoxy) is 1. The molecule has 0 fully saturated rings. The van der Waals surface area contributed by atoms with E-state index in [0.29, 0.717) is 5.69 Å². The van der Waals surface area contributed by atoms with Gasteiger partial charge in [0, 0.05) is 18.0 Å². The first kappa shape index (κ1) is 10.4. The number of benzene rings is 1. The highest BCUT2D eigenvalue weighted by Crippen LogP contribution is 2.24. The summed E-state index contributed by atoms with van der Waals surface area (Å²) in [5.74, 6) is 0.0115. The molecule has 0 aliphatic heterocycles. The molecule has 0 unspecified atom stereocenters. The number of nitrogens with zero attached hydrogens (tertiary/aromatic N) is 1. The van der Waals surface area contributed by atoms with Crippen molar-refractivity contribution in [1.29, 1.82) is 0 Å². The van der Waals surface area contributed by atoms with Crippen LogP contribution in [0.3, 0.4) is 0 Å². The van der Waals surface area contributed by atoms with Crippen molar-refractivity contribution in [3.63, 3.8) is 0 Å². The normalized spacial score (nSPS) is 10.1. The summed E-state index contributed by atoms with van der Waals surface area (Å²) in [5, 5.41) is 0. The number of pyridine rings is 1. The van der Waals surface area contributed by atoms with Crippen LogP contribution in [0.25, 0.3) is 0 Å². The van der Waals surface area contributed by atoms with Crippen molar-refractivity contribution in [3.05, 3.63) is 47.9 Å². The van der Waals surface area contributed by atoms with Gasteiger partial charge in [0.15, 0.2) is 11.6 Å². The number of hydrogen-bond donors (Lipinski definition) is 1. The van der Waals surface area contributed by atoms with Crippen LogP contribution in [0.15, 0.2) is 36.5 Å². The number of hydrogen-bond acceptors (Lipinski definition) is 3. The molecular weight excluding hydrogens is 207 g/mol. The molecule has 0 bridgehead atoms. The third-order valence-corrected chi connectivity index (χ3v) is 2.06. The smallest absolute Gasteiger partial charge is 0.221 e. The summed E-state index contributed by atoms with van der Waals surface area (Å²) >= 11 is 0. The molecule has 2 aromatic rings. The summed E-state index contributed by atoms with van der Waals surface area (Å²) < 4.78 is 18.7. The summed E-state index contributed by atoms with van der Waals surface area (Å²) in [6.07, 6.45) is 1.51. The minimum Gasteiger partial charge on any atom is -0.436 e. The standard InChI is InChI=1S/C12H11FN2O/c1-8-2-3-10(13)11(6-8)16-12-7-9(14)4-5-15-12/h2-7H,1H3,(H2,14,15). The van der Waals surface area contributed by atoms with Crippen molar-refractivity contribution >= 4 is 5.69 Å². The van der Waals surface area contributed by atoms with Crippen molar-refractivity contribution in [1.82, 2.24) is 4.98 Å². The molecule has 4 heteroatoms. The number of nitrogen functional groups attached to an aromatic ring is 1. The van der Waals surface area contributed by atoms with Gasteiger partial charge in [0.2, 0.25) is 5.88 Å². The fourth-order valence-electron chi connectivity index (χ4n) is 1.28. The predicted octanol–water partition coefficient (Wildman–Crippen LogP) is 2.90. The molecule has 2 N–H and O–H groups in total. The molecule has 0 saturated heterocycles. The zero-order chi connectivity index (χ0) is 11.5. The molecule has 2 rings (SSSR count). The Morgan fingerprint density at radius 3 is 2.81 bits per heavy atom. The van der Waals surface area contributed by atoms with Gasteiger partial charge in [0.25, 0.3) is 0 Å². The van der Waals surface area contributed by atoms with Gasteiger partial charge in [-0.3, -0.25) is 0 Å². The molecule has 1 heterocycles.